The first-order chi connectivity index (χ1) is 9.51. The Morgan fingerprint density at radius 1 is 1.35 bits per heavy atom. The number of benzene rings is 1. The fourth-order valence-electron chi connectivity index (χ4n) is 1.36. The molecule has 4 nitrogen and oxygen atoms in total. The molecule has 8 heteroatoms. The average Bonchev–Trinajstić information content (AvgIpc) is 2.76. The number of carbonyl (C=O) groups excluding carboxylic acids is 1. The van der Waals surface area contributed by atoms with Gasteiger partial charge in [0.1, 0.15) is 10.1 Å². The van der Waals surface area contributed by atoms with Crippen molar-refractivity contribution in [1.82, 2.24) is 4.98 Å². The molecule has 1 heterocycles. The quantitative estimate of drug-likeness (QED) is 0.746. The van der Waals surface area contributed by atoms with Gasteiger partial charge in [0.15, 0.2) is 9.49 Å². The maximum atomic E-state index is 12.1. The molecule has 2 rings (SSSR count). The van der Waals surface area contributed by atoms with Crippen LogP contribution < -0.4 is 9.64 Å². The normalized spacial score (nSPS) is 10.4. The molecule has 0 saturated heterocycles. The number of carbonyl (C=O) groups is 1. The van der Waals surface area contributed by atoms with Gasteiger partial charge in [-0.1, -0.05) is 34.5 Å². The third-order valence-corrected chi connectivity index (χ3v) is 5.18. The van der Waals surface area contributed by atoms with E-state index >= 15 is 0 Å². The first-order valence-electron chi connectivity index (χ1n) is 5.42. The molecule has 0 aliphatic carbocycles. The van der Waals surface area contributed by atoms with Gasteiger partial charge in [0.25, 0.3) is 5.24 Å². The summed E-state index contributed by atoms with van der Waals surface area (Å²) in [6, 6.07) is 7.19. The summed E-state index contributed by atoms with van der Waals surface area (Å²) in [5.41, 5.74) is 0.761. The number of anilines is 1. The molecule has 0 atom stereocenters. The Bertz CT molecular complexity index is 597. The van der Waals surface area contributed by atoms with Crippen LogP contribution in [0.5, 0.6) is 5.75 Å². The molecule has 1 amide bonds. The van der Waals surface area contributed by atoms with E-state index in [-0.39, 0.29) is 10.4 Å². The van der Waals surface area contributed by atoms with Crippen LogP contribution in [0.25, 0.3) is 0 Å². The van der Waals surface area contributed by atoms with E-state index in [2.05, 4.69) is 4.98 Å². The van der Waals surface area contributed by atoms with Crippen LogP contribution in [-0.4, -0.2) is 24.4 Å². The second-order valence-corrected chi connectivity index (χ2v) is 6.83. The molecular weight excluding hydrogens is 339 g/mol. The zero-order chi connectivity index (χ0) is 14.7. The summed E-state index contributed by atoms with van der Waals surface area (Å²) in [5, 5.41) is 0.0521. The number of ether oxygens (including phenoxy) is 1. The van der Waals surface area contributed by atoms with Gasteiger partial charge < -0.3 is 9.64 Å². The van der Waals surface area contributed by atoms with Crippen molar-refractivity contribution in [1.29, 1.82) is 0 Å². The van der Waals surface area contributed by atoms with Crippen LogP contribution in [0.3, 0.4) is 0 Å². The van der Waals surface area contributed by atoms with Crippen molar-refractivity contribution in [2.24, 2.45) is 0 Å². The van der Waals surface area contributed by atoms with E-state index in [0.717, 1.165) is 23.2 Å². The van der Waals surface area contributed by atoms with Crippen molar-refractivity contribution < 1.29 is 9.53 Å². The first-order valence-corrected chi connectivity index (χ1v) is 7.81. The van der Waals surface area contributed by atoms with Gasteiger partial charge in [-0.25, -0.2) is 4.98 Å². The lowest BCUT2D eigenvalue weighted by atomic mass is 10.3. The molecular formula is C12H10Cl2N2O2S2. The van der Waals surface area contributed by atoms with Gasteiger partial charge in [0.2, 0.25) is 0 Å². The fourth-order valence-corrected chi connectivity index (χ4v) is 3.64. The number of nitrogens with zero attached hydrogens (tertiary/aromatic N) is 2. The topological polar surface area (TPSA) is 42.4 Å². The number of hydrogen-bond acceptors (Lipinski definition) is 5. The Labute approximate surface area is 134 Å². The molecule has 0 bridgehead atoms. The number of aromatic nitrogens is 1. The third-order valence-electron chi connectivity index (χ3n) is 2.44. The van der Waals surface area contributed by atoms with Gasteiger partial charge in [0.05, 0.1) is 7.11 Å². The summed E-state index contributed by atoms with van der Waals surface area (Å²) in [6.45, 7) is 0. The minimum absolute atomic E-state index is 0.169. The maximum Gasteiger partial charge on any atom is 0.292 e. The number of amides is 1. The smallest absolute Gasteiger partial charge is 0.292 e. The predicted octanol–water partition coefficient (Wildman–Crippen LogP) is 4.81. The Kier molecular flexibility index (Phi) is 5.15. The van der Waals surface area contributed by atoms with Crippen molar-refractivity contribution in [3.05, 3.63) is 33.8 Å². The number of thioether (sulfide) groups is 1. The lowest BCUT2D eigenvalue weighted by Crippen LogP contribution is -2.21. The Balaban J connectivity index is 2.07. The van der Waals surface area contributed by atoms with Crippen LogP contribution in [0.1, 0.15) is 0 Å². The van der Waals surface area contributed by atoms with Crippen molar-refractivity contribution in [2.45, 2.75) is 4.34 Å². The van der Waals surface area contributed by atoms with E-state index in [0.29, 0.717) is 8.68 Å². The summed E-state index contributed by atoms with van der Waals surface area (Å²) in [6.07, 6.45) is 0. The molecule has 0 radical (unpaired) electrons. The second-order valence-electron chi connectivity index (χ2n) is 3.67. The summed E-state index contributed by atoms with van der Waals surface area (Å²) in [5.74, 6) is 0.737. The predicted molar refractivity (Wildman–Crippen MR) is 84.8 cm³/mol. The van der Waals surface area contributed by atoms with E-state index < -0.39 is 0 Å². The number of hydrogen-bond donors (Lipinski definition) is 0. The average molecular weight is 349 g/mol. The van der Waals surface area contributed by atoms with Crippen molar-refractivity contribution >= 4 is 57.2 Å². The van der Waals surface area contributed by atoms with Gasteiger partial charge in [0, 0.05) is 24.5 Å². The molecule has 0 aliphatic heterocycles. The lowest BCUT2D eigenvalue weighted by Gasteiger charge is -2.16. The van der Waals surface area contributed by atoms with Gasteiger partial charge >= 0.3 is 0 Å². The maximum absolute atomic E-state index is 12.1. The molecule has 20 heavy (non-hydrogen) atoms. The van der Waals surface area contributed by atoms with E-state index in [9.17, 15) is 4.79 Å². The minimum Gasteiger partial charge on any atom is -0.497 e. The molecule has 106 valence electrons. The van der Waals surface area contributed by atoms with Gasteiger partial charge in [-0.15, -0.1) is 0 Å². The molecule has 0 N–H and O–H groups in total. The number of methoxy groups -OCH3 is 1. The Morgan fingerprint density at radius 2 is 2.00 bits per heavy atom. The molecule has 0 saturated carbocycles. The molecule has 0 unspecified atom stereocenters. The number of thiazole rings is 1. The Hall–Kier alpha value is -0.950. The fraction of sp³-hybridized carbons (Fsp3) is 0.167. The van der Waals surface area contributed by atoms with Crippen molar-refractivity contribution in [2.75, 3.05) is 19.1 Å². The highest BCUT2D eigenvalue weighted by Crippen LogP contribution is 2.35. The SMILES string of the molecule is COc1ccc(N(C)C(=O)Sc2nc(Cl)c(Cl)s2)cc1. The van der Waals surface area contributed by atoms with Gasteiger partial charge in [-0.05, 0) is 24.3 Å². The van der Waals surface area contributed by atoms with Gasteiger partial charge in [-0.3, -0.25) is 4.79 Å². The van der Waals surface area contributed by atoms with Crippen molar-refractivity contribution in [3.8, 4) is 5.75 Å². The van der Waals surface area contributed by atoms with Crippen LogP contribution in [-0.2, 0) is 0 Å². The zero-order valence-corrected chi connectivity index (χ0v) is 13.7. The van der Waals surface area contributed by atoms with E-state index in [1.165, 1.54) is 16.2 Å². The molecule has 1 aromatic heterocycles. The summed E-state index contributed by atoms with van der Waals surface area (Å²) >= 11 is 13.7. The first kappa shape index (κ1) is 15.4. The van der Waals surface area contributed by atoms with Gasteiger partial charge in [-0.2, -0.15) is 0 Å². The van der Waals surface area contributed by atoms with Crippen LogP contribution in [0.4, 0.5) is 10.5 Å². The summed E-state index contributed by atoms with van der Waals surface area (Å²) < 4.78 is 5.98. The highest BCUT2D eigenvalue weighted by atomic mass is 35.5. The molecule has 1 aromatic carbocycles. The number of halogens is 2. The molecule has 2 aromatic rings. The summed E-state index contributed by atoms with van der Waals surface area (Å²) in [4.78, 5) is 17.6. The van der Waals surface area contributed by atoms with Crippen molar-refractivity contribution in [3.63, 3.8) is 0 Å². The number of rotatable bonds is 3. The molecule has 0 aliphatic rings. The monoisotopic (exact) mass is 348 g/mol. The highest BCUT2D eigenvalue weighted by Gasteiger charge is 2.16. The zero-order valence-electron chi connectivity index (χ0n) is 10.6. The standard InChI is InChI=1S/C12H10Cl2N2O2S2/c1-16(7-3-5-8(18-2)6-4-7)12(17)20-11-15-9(13)10(14)19-11/h3-6H,1-2H3. The second kappa shape index (κ2) is 6.67. The Morgan fingerprint density at radius 3 is 2.50 bits per heavy atom. The van der Waals surface area contributed by atoms with Crippen LogP contribution in [0.15, 0.2) is 28.6 Å². The van der Waals surface area contributed by atoms with E-state index in [1.807, 2.05) is 0 Å². The lowest BCUT2D eigenvalue weighted by molar-refractivity contribution is 0.266. The minimum atomic E-state index is -0.169. The largest absolute Gasteiger partial charge is 0.497 e. The molecule has 0 fully saturated rings. The van der Waals surface area contributed by atoms with Crippen LogP contribution >= 0.6 is 46.3 Å². The summed E-state index contributed by atoms with van der Waals surface area (Å²) in [7, 11) is 3.28. The van der Waals surface area contributed by atoms with E-state index in [4.69, 9.17) is 27.9 Å². The van der Waals surface area contributed by atoms with E-state index in [1.54, 1.807) is 38.4 Å². The highest BCUT2D eigenvalue weighted by molar-refractivity contribution is 8.15. The third kappa shape index (κ3) is 3.58. The van der Waals surface area contributed by atoms with Crippen LogP contribution in [0, 0.1) is 0 Å². The van der Waals surface area contributed by atoms with Crippen LogP contribution in [0.2, 0.25) is 9.49 Å². The molecule has 0 spiro atoms.